The Morgan fingerprint density at radius 3 is 2.87 bits per heavy atom. The molecule has 1 aliphatic carbocycles. The molecule has 0 spiro atoms. The van der Waals surface area contributed by atoms with Gasteiger partial charge in [0.2, 0.25) is 0 Å². The fourth-order valence-corrected chi connectivity index (χ4v) is 1.89. The fourth-order valence-electron chi connectivity index (χ4n) is 1.89. The maximum absolute atomic E-state index is 5.68. The molecule has 1 N–H and O–H groups in total. The molecular formula is C13H23NO. The minimum Gasteiger partial charge on any atom is -0.377 e. The summed E-state index contributed by atoms with van der Waals surface area (Å²) >= 11 is 0. The first-order chi connectivity index (χ1) is 7.24. The molecule has 0 saturated carbocycles. The van der Waals surface area contributed by atoms with Crippen molar-refractivity contribution in [2.75, 3.05) is 26.8 Å². The molecule has 0 aromatic carbocycles. The zero-order valence-corrected chi connectivity index (χ0v) is 9.96. The van der Waals surface area contributed by atoms with E-state index in [4.69, 9.17) is 4.74 Å². The van der Waals surface area contributed by atoms with E-state index < -0.39 is 0 Å². The second-order valence-electron chi connectivity index (χ2n) is 4.48. The van der Waals surface area contributed by atoms with Gasteiger partial charge in [-0.25, -0.2) is 0 Å². The Hall–Kier alpha value is -0.600. The molecule has 0 aliphatic heterocycles. The molecular weight excluding hydrogens is 186 g/mol. The lowest BCUT2D eigenvalue weighted by Crippen LogP contribution is -2.21. The Labute approximate surface area is 93.4 Å². The summed E-state index contributed by atoms with van der Waals surface area (Å²) in [6.45, 7) is 8.66. The van der Waals surface area contributed by atoms with Gasteiger partial charge in [-0.15, -0.1) is 0 Å². The number of likely N-dealkylation sites (N-methyl/N-ethyl adjacent to an activating group) is 1. The Morgan fingerprint density at radius 1 is 1.47 bits per heavy atom. The van der Waals surface area contributed by atoms with Gasteiger partial charge < -0.3 is 10.1 Å². The van der Waals surface area contributed by atoms with E-state index >= 15 is 0 Å². The van der Waals surface area contributed by atoms with Crippen LogP contribution in [0, 0.1) is 11.8 Å². The van der Waals surface area contributed by atoms with Crippen molar-refractivity contribution >= 4 is 0 Å². The van der Waals surface area contributed by atoms with Gasteiger partial charge >= 0.3 is 0 Å². The molecule has 1 aliphatic rings. The number of rotatable bonds is 6. The van der Waals surface area contributed by atoms with Crippen molar-refractivity contribution in [3.63, 3.8) is 0 Å². The van der Waals surface area contributed by atoms with Crippen LogP contribution in [-0.2, 0) is 4.74 Å². The van der Waals surface area contributed by atoms with Crippen LogP contribution in [0.15, 0.2) is 24.3 Å². The van der Waals surface area contributed by atoms with Crippen LogP contribution in [0.3, 0.4) is 0 Å². The number of nitrogens with one attached hydrogen (secondary N) is 1. The third-order valence-corrected chi connectivity index (χ3v) is 2.98. The Bertz CT molecular complexity index is 223. The van der Waals surface area contributed by atoms with Gasteiger partial charge in [0.15, 0.2) is 0 Å². The average Bonchev–Trinajstić information content (AvgIpc) is 2.21. The molecule has 2 unspecified atom stereocenters. The number of allylic oxidation sites excluding steroid dienone is 2. The van der Waals surface area contributed by atoms with Gasteiger partial charge in [0.25, 0.3) is 0 Å². The van der Waals surface area contributed by atoms with Crippen LogP contribution >= 0.6 is 0 Å². The standard InChI is InChI=1S/C13H23NO/c1-11(8-14-3)9-15-10-13-7-5-4-6-12(13)2/h4-5,12-14H,1,6-10H2,2-3H3. The summed E-state index contributed by atoms with van der Waals surface area (Å²) in [5.41, 5.74) is 1.12. The smallest absolute Gasteiger partial charge is 0.0686 e. The molecule has 0 heterocycles. The first-order valence-electron chi connectivity index (χ1n) is 5.78. The highest BCUT2D eigenvalue weighted by Crippen LogP contribution is 2.24. The molecule has 0 saturated heterocycles. The van der Waals surface area contributed by atoms with Gasteiger partial charge in [0, 0.05) is 6.54 Å². The molecule has 1 rings (SSSR count). The predicted molar refractivity (Wildman–Crippen MR) is 64.9 cm³/mol. The van der Waals surface area contributed by atoms with Crippen molar-refractivity contribution in [3.05, 3.63) is 24.3 Å². The zero-order chi connectivity index (χ0) is 11.1. The zero-order valence-electron chi connectivity index (χ0n) is 9.96. The maximum Gasteiger partial charge on any atom is 0.0686 e. The molecule has 0 amide bonds. The van der Waals surface area contributed by atoms with Crippen LogP contribution in [0.1, 0.15) is 19.8 Å². The van der Waals surface area contributed by atoms with Crippen LogP contribution in [0.25, 0.3) is 0 Å². The second-order valence-corrected chi connectivity index (χ2v) is 4.48. The summed E-state index contributed by atoms with van der Waals surface area (Å²) in [7, 11) is 1.93. The van der Waals surface area contributed by atoms with Crippen molar-refractivity contribution < 1.29 is 4.74 Å². The molecule has 0 bridgehead atoms. The van der Waals surface area contributed by atoms with Crippen LogP contribution in [-0.4, -0.2) is 26.8 Å². The van der Waals surface area contributed by atoms with E-state index in [1.807, 2.05) is 7.05 Å². The van der Waals surface area contributed by atoms with Gasteiger partial charge in [-0.05, 0) is 37.3 Å². The third kappa shape index (κ3) is 4.63. The highest BCUT2D eigenvalue weighted by atomic mass is 16.5. The van der Waals surface area contributed by atoms with Gasteiger partial charge in [-0.2, -0.15) is 0 Å². The fraction of sp³-hybridized carbons (Fsp3) is 0.692. The average molecular weight is 209 g/mol. The maximum atomic E-state index is 5.68. The molecule has 2 atom stereocenters. The van der Waals surface area contributed by atoms with Gasteiger partial charge in [0.05, 0.1) is 13.2 Å². The van der Waals surface area contributed by atoms with Gasteiger partial charge in [-0.3, -0.25) is 0 Å². The Kier molecular flexibility index (Phi) is 5.66. The summed E-state index contributed by atoms with van der Waals surface area (Å²) in [6.07, 6.45) is 6.92. The summed E-state index contributed by atoms with van der Waals surface area (Å²) in [6, 6.07) is 0. The van der Waals surface area contributed by atoms with Crippen molar-refractivity contribution in [3.8, 4) is 0 Å². The van der Waals surface area contributed by atoms with E-state index in [0.29, 0.717) is 12.5 Å². The monoisotopic (exact) mass is 209 g/mol. The first kappa shape index (κ1) is 12.5. The molecule has 0 aromatic heterocycles. The van der Waals surface area contributed by atoms with Gasteiger partial charge in [-0.1, -0.05) is 25.7 Å². The van der Waals surface area contributed by atoms with E-state index in [0.717, 1.165) is 24.6 Å². The van der Waals surface area contributed by atoms with Crippen LogP contribution in [0.2, 0.25) is 0 Å². The lowest BCUT2D eigenvalue weighted by molar-refractivity contribution is 0.0939. The van der Waals surface area contributed by atoms with Crippen LogP contribution in [0.4, 0.5) is 0 Å². The second kappa shape index (κ2) is 6.81. The molecule has 86 valence electrons. The Morgan fingerprint density at radius 2 is 2.20 bits per heavy atom. The van der Waals surface area contributed by atoms with Crippen molar-refractivity contribution in [2.24, 2.45) is 11.8 Å². The molecule has 2 heteroatoms. The quantitative estimate of drug-likeness (QED) is 0.678. The van der Waals surface area contributed by atoms with Crippen LogP contribution in [0.5, 0.6) is 0 Å². The number of ether oxygens (including phenoxy) is 1. The van der Waals surface area contributed by atoms with E-state index in [1.165, 1.54) is 12.8 Å². The van der Waals surface area contributed by atoms with E-state index in [2.05, 4.69) is 31.0 Å². The number of hydrogen-bond acceptors (Lipinski definition) is 2. The minimum atomic E-state index is 0.688. The highest BCUT2D eigenvalue weighted by Gasteiger charge is 2.18. The van der Waals surface area contributed by atoms with Crippen molar-refractivity contribution in [1.29, 1.82) is 0 Å². The van der Waals surface area contributed by atoms with Crippen LogP contribution < -0.4 is 5.32 Å². The minimum absolute atomic E-state index is 0.688. The van der Waals surface area contributed by atoms with Crippen molar-refractivity contribution in [1.82, 2.24) is 5.32 Å². The van der Waals surface area contributed by atoms with E-state index in [1.54, 1.807) is 0 Å². The molecule has 0 fully saturated rings. The van der Waals surface area contributed by atoms with Gasteiger partial charge in [0.1, 0.15) is 0 Å². The Balaban J connectivity index is 2.14. The highest BCUT2D eigenvalue weighted by molar-refractivity contribution is 4.97. The van der Waals surface area contributed by atoms with Crippen molar-refractivity contribution in [2.45, 2.75) is 19.8 Å². The summed E-state index contributed by atoms with van der Waals surface area (Å²) in [5.74, 6) is 1.45. The topological polar surface area (TPSA) is 21.3 Å². The summed E-state index contributed by atoms with van der Waals surface area (Å²) in [4.78, 5) is 0. The molecule has 0 aromatic rings. The summed E-state index contributed by atoms with van der Waals surface area (Å²) in [5, 5.41) is 3.07. The largest absolute Gasteiger partial charge is 0.377 e. The normalized spacial score (nSPS) is 25.5. The van der Waals surface area contributed by atoms with E-state index in [9.17, 15) is 0 Å². The molecule has 15 heavy (non-hydrogen) atoms. The number of hydrogen-bond donors (Lipinski definition) is 1. The SMILES string of the molecule is C=C(CNC)COCC1CC=CCC1C. The third-order valence-electron chi connectivity index (χ3n) is 2.98. The lowest BCUT2D eigenvalue weighted by atomic mass is 9.85. The predicted octanol–water partition coefficient (Wildman–Crippen LogP) is 2.38. The van der Waals surface area contributed by atoms with E-state index in [-0.39, 0.29) is 0 Å². The molecule has 2 nitrogen and oxygen atoms in total. The molecule has 0 radical (unpaired) electrons. The summed E-state index contributed by atoms with van der Waals surface area (Å²) < 4.78 is 5.68. The lowest BCUT2D eigenvalue weighted by Gasteiger charge is -2.25. The first-order valence-corrected chi connectivity index (χ1v) is 5.78.